The maximum absolute atomic E-state index is 13.6. The SMILES string of the molecule is CCc1ccc(N2C(=O)/C(=C/c3cc(C)n(-c4ccc(C)cc4)c3C)N(CC(=O)OC)C2=S)cc1. The highest BCUT2D eigenvalue weighted by Crippen LogP contribution is 2.31. The van der Waals surface area contributed by atoms with Gasteiger partial charge in [0.15, 0.2) is 5.11 Å². The number of carbonyl (C=O) groups is 2. The third-order valence-corrected chi connectivity index (χ3v) is 6.71. The summed E-state index contributed by atoms with van der Waals surface area (Å²) < 4.78 is 7.03. The number of esters is 1. The molecular weight excluding hydrogens is 458 g/mol. The molecule has 1 saturated heterocycles. The molecule has 2 heterocycles. The minimum Gasteiger partial charge on any atom is -0.468 e. The topological polar surface area (TPSA) is 54.8 Å². The molecule has 0 aliphatic carbocycles. The number of amides is 1. The molecule has 0 atom stereocenters. The molecule has 1 amide bonds. The third kappa shape index (κ3) is 4.64. The van der Waals surface area contributed by atoms with Gasteiger partial charge in [-0.15, -0.1) is 0 Å². The zero-order valence-electron chi connectivity index (χ0n) is 20.7. The molecule has 3 aromatic rings. The van der Waals surface area contributed by atoms with Crippen LogP contribution in [-0.2, 0) is 20.7 Å². The fraction of sp³-hybridized carbons (Fsp3) is 0.250. The molecule has 2 aromatic carbocycles. The highest BCUT2D eigenvalue weighted by Gasteiger charge is 2.40. The van der Waals surface area contributed by atoms with Gasteiger partial charge in [0.2, 0.25) is 0 Å². The second-order valence-electron chi connectivity index (χ2n) is 8.63. The number of methoxy groups -OCH3 is 1. The van der Waals surface area contributed by atoms with Gasteiger partial charge in [-0.3, -0.25) is 14.5 Å². The average molecular weight is 488 g/mol. The second kappa shape index (κ2) is 9.88. The Bertz CT molecular complexity index is 1320. The number of anilines is 1. The van der Waals surface area contributed by atoms with Gasteiger partial charge in [-0.25, -0.2) is 0 Å². The first-order chi connectivity index (χ1) is 16.7. The summed E-state index contributed by atoms with van der Waals surface area (Å²) in [6.07, 6.45) is 2.71. The van der Waals surface area contributed by atoms with Crippen molar-refractivity contribution < 1.29 is 14.3 Å². The first-order valence-corrected chi connectivity index (χ1v) is 11.9. The van der Waals surface area contributed by atoms with Crippen LogP contribution >= 0.6 is 12.2 Å². The number of nitrogens with zero attached hydrogens (tertiary/aromatic N) is 3. The van der Waals surface area contributed by atoms with Crippen LogP contribution in [0.2, 0.25) is 0 Å². The molecule has 0 saturated carbocycles. The van der Waals surface area contributed by atoms with E-state index in [4.69, 9.17) is 17.0 Å². The van der Waals surface area contributed by atoms with Gasteiger partial charge in [-0.1, -0.05) is 36.8 Å². The van der Waals surface area contributed by atoms with Crippen LogP contribution in [0.25, 0.3) is 11.8 Å². The van der Waals surface area contributed by atoms with E-state index in [1.807, 2.05) is 50.3 Å². The van der Waals surface area contributed by atoms with Crippen molar-refractivity contribution >= 4 is 41.0 Å². The van der Waals surface area contributed by atoms with Crippen molar-refractivity contribution in [2.75, 3.05) is 18.6 Å². The van der Waals surface area contributed by atoms with Crippen LogP contribution in [0.4, 0.5) is 5.69 Å². The van der Waals surface area contributed by atoms with Crippen molar-refractivity contribution in [3.63, 3.8) is 0 Å². The quantitative estimate of drug-likeness (QED) is 0.275. The summed E-state index contributed by atoms with van der Waals surface area (Å²) >= 11 is 5.67. The molecule has 0 radical (unpaired) electrons. The lowest BCUT2D eigenvalue weighted by molar-refractivity contribution is -0.140. The van der Waals surface area contributed by atoms with Crippen LogP contribution in [0.3, 0.4) is 0 Å². The predicted octanol–water partition coefficient (Wildman–Crippen LogP) is 5.11. The summed E-state index contributed by atoms with van der Waals surface area (Å²) in [5.74, 6) is -0.748. The molecule has 7 heteroatoms. The lowest BCUT2D eigenvalue weighted by Gasteiger charge is -2.19. The minimum absolute atomic E-state index is 0.146. The Labute approximate surface area is 211 Å². The van der Waals surface area contributed by atoms with Gasteiger partial charge in [-0.2, -0.15) is 0 Å². The Morgan fingerprint density at radius 3 is 2.23 bits per heavy atom. The number of rotatable bonds is 6. The maximum atomic E-state index is 13.6. The molecular formula is C28H29N3O3S. The van der Waals surface area contributed by atoms with Gasteiger partial charge in [0.25, 0.3) is 5.91 Å². The Balaban J connectivity index is 1.78. The molecule has 6 nitrogen and oxygen atoms in total. The average Bonchev–Trinajstić information content (AvgIpc) is 3.26. The zero-order chi connectivity index (χ0) is 25.3. The molecule has 0 N–H and O–H groups in total. The standard InChI is InChI=1S/C28H29N3O3S/c1-6-21-9-13-24(14-10-21)31-27(33)25(29(28(31)35)17-26(32)34-5)16-22-15-19(3)30(20(22)4)23-11-7-18(2)8-12-23/h7-16H,6,17H2,1-5H3/b25-16-. The number of carbonyl (C=O) groups excluding carboxylic acids is 2. The van der Waals surface area contributed by atoms with Crippen molar-refractivity contribution in [2.24, 2.45) is 0 Å². The van der Waals surface area contributed by atoms with Crippen molar-refractivity contribution in [1.82, 2.24) is 9.47 Å². The van der Waals surface area contributed by atoms with Gasteiger partial charge in [0.1, 0.15) is 12.2 Å². The molecule has 180 valence electrons. The molecule has 1 aliphatic heterocycles. The largest absolute Gasteiger partial charge is 0.468 e. The number of ether oxygens (including phenoxy) is 1. The molecule has 1 fully saturated rings. The van der Waals surface area contributed by atoms with E-state index in [0.29, 0.717) is 11.4 Å². The van der Waals surface area contributed by atoms with E-state index in [1.165, 1.54) is 17.6 Å². The third-order valence-electron chi connectivity index (χ3n) is 6.31. The molecule has 4 rings (SSSR count). The van der Waals surface area contributed by atoms with Gasteiger partial charge < -0.3 is 14.2 Å². The van der Waals surface area contributed by atoms with Gasteiger partial charge in [-0.05, 0) is 86.9 Å². The van der Waals surface area contributed by atoms with E-state index in [1.54, 1.807) is 4.90 Å². The van der Waals surface area contributed by atoms with E-state index < -0.39 is 5.97 Å². The number of aromatic nitrogens is 1. The van der Waals surface area contributed by atoms with Crippen LogP contribution in [-0.4, -0.2) is 40.1 Å². The van der Waals surface area contributed by atoms with Crippen LogP contribution in [0.15, 0.2) is 60.3 Å². The smallest absolute Gasteiger partial charge is 0.325 e. The monoisotopic (exact) mass is 487 g/mol. The molecule has 35 heavy (non-hydrogen) atoms. The fourth-order valence-corrected chi connectivity index (χ4v) is 4.66. The van der Waals surface area contributed by atoms with Gasteiger partial charge in [0, 0.05) is 17.1 Å². The van der Waals surface area contributed by atoms with Crippen molar-refractivity contribution in [3.8, 4) is 5.69 Å². The van der Waals surface area contributed by atoms with E-state index in [9.17, 15) is 9.59 Å². The first-order valence-electron chi connectivity index (χ1n) is 11.5. The number of hydrogen-bond acceptors (Lipinski definition) is 4. The summed E-state index contributed by atoms with van der Waals surface area (Å²) in [6.45, 7) is 8.04. The second-order valence-corrected chi connectivity index (χ2v) is 9.00. The summed E-state index contributed by atoms with van der Waals surface area (Å²) in [4.78, 5) is 28.9. The highest BCUT2D eigenvalue weighted by molar-refractivity contribution is 7.80. The van der Waals surface area contributed by atoms with Crippen LogP contribution < -0.4 is 4.90 Å². The van der Waals surface area contributed by atoms with Crippen molar-refractivity contribution in [2.45, 2.75) is 34.1 Å². The van der Waals surface area contributed by atoms with E-state index in [0.717, 1.165) is 34.6 Å². The maximum Gasteiger partial charge on any atom is 0.325 e. The summed E-state index contributed by atoms with van der Waals surface area (Å²) in [7, 11) is 1.32. The predicted molar refractivity (Wildman–Crippen MR) is 143 cm³/mol. The number of benzene rings is 2. The van der Waals surface area contributed by atoms with Crippen molar-refractivity contribution in [1.29, 1.82) is 0 Å². The first kappa shape index (κ1) is 24.4. The fourth-order valence-electron chi connectivity index (χ4n) is 4.31. The molecule has 0 spiro atoms. The van der Waals surface area contributed by atoms with E-state index >= 15 is 0 Å². The normalized spacial score (nSPS) is 14.8. The molecule has 0 bridgehead atoms. The zero-order valence-corrected chi connectivity index (χ0v) is 21.5. The summed E-state index contributed by atoms with van der Waals surface area (Å²) in [6, 6.07) is 18.1. The van der Waals surface area contributed by atoms with Gasteiger partial charge in [0.05, 0.1) is 12.8 Å². The Hall–Kier alpha value is -3.71. The van der Waals surface area contributed by atoms with Gasteiger partial charge >= 0.3 is 5.97 Å². The molecule has 0 unspecified atom stereocenters. The summed E-state index contributed by atoms with van der Waals surface area (Å²) in [5.41, 5.74) is 7.31. The Kier molecular flexibility index (Phi) is 6.89. The lowest BCUT2D eigenvalue weighted by Crippen LogP contribution is -2.35. The van der Waals surface area contributed by atoms with Crippen LogP contribution in [0, 0.1) is 20.8 Å². The number of hydrogen-bond donors (Lipinski definition) is 0. The number of thiocarbonyl (C=S) groups is 1. The van der Waals surface area contributed by atoms with Crippen LogP contribution in [0.1, 0.15) is 35.0 Å². The highest BCUT2D eigenvalue weighted by atomic mass is 32.1. The Morgan fingerprint density at radius 1 is 1.00 bits per heavy atom. The van der Waals surface area contributed by atoms with Crippen LogP contribution in [0.5, 0.6) is 0 Å². The van der Waals surface area contributed by atoms with Crippen molar-refractivity contribution in [3.05, 3.63) is 88.4 Å². The van der Waals surface area contributed by atoms with E-state index in [-0.39, 0.29) is 17.6 Å². The molecule has 1 aliphatic rings. The summed E-state index contributed by atoms with van der Waals surface area (Å²) in [5, 5.41) is 0.253. The number of aryl methyl sites for hydroxylation is 3. The lowest BCUT2D eigenvalue weighted by atomic mass is 10.1. The van der Waals surface area contributed by atoms with E-state index in [2.05, 4.69) is 42.7 Å². The molecule has 1 aromatic heterocycles. The minimum atomic E-state index is -0.473. The Morgan fingerprint density at radius 2 is 1.63 bits per heavy atom.